The first kappa shape index (κ1) is 21.7. The molecule has 1 N–H and O–H groups in total. The van der Waals surface area contributed by atoms with Crippen molar-refractivity contribution in [3.05, 3.63) is 0 Å². The molecule has 1 amide bonds. The molecular formula is C14H34N2O. The third-order valence-electron chi connectivity index (χ3n) is 1.85. The third kappa shape index (κ3) is 31.3. The highest BCUT2D eigenvalue weighted by Gasteiger charge is 1.99. The van der Waals surface area contributed by atoms with Gasteiger partial charge in [-0.05, 0) is 26.4 Å². The number of carbonyl (C=O) groups is 1. The fourth-order valence-corrected chi connectivity index (χ4v) is 0.608. The molecule has 0 rings (SSSR count). The van der Waals surface area contributed by atoms with Gasteiger partial charge in [-0.25, -0.2) is 0 Å². The molecule has 106 valence electrons. The van der Waals surface area contributed by atoms with Gasteiger partial charge in [0.2, 0.25) is 5.91 Å². The number of nitrogens with zero attached hydrogens (tertiary/aromatic N) is 1. The highest BCUT2D eigenvalue weighted by molar-refractivity contribution is 5.77. The van der Waals surface area contributed by atoms with Crippen molar-refractivity contribution in [2.75, 3.05) is 27.2 Å². The maximum Gasteiger partial charge on any atom is 0.234 e. The lowest BCUT2D eigenvalue weighted by Gasteiger charge is -2.08. The van der Waals surface area contributed by atoms with Gasteiger partial charge in [-0.15, -0.1) is 0 Å². The smallest absolute Gasteiger partial charge is 0.234 e. The van der Waals surface area contributed by atoms with Gasteiger partial charge in [0.25, 0.3) is 0 Å². The molecule has 0 bridgehead atoms. The Bertz CT molecular complexity index is 145. The van der Waals surface area contributed by atoms with E-state index in [2.05, 4.69) is 26.1 Å². The lowest BCUT2D eigenvalue weighted by molar-refractivity contribution is -0.121. The van der Waals surface area contributed by atoms with Crippen molar-refractivity contribution in [3.63, 3.8) is 0 Å². The summed E-state index contributed by atoms with van der Waals surface area (Å²) in [5, 5.41) is 2.78. The number of likely N-dealkylation sites (N-methyl/N-ethyl adjacent to an activating group) is 1. The van der Waals surface area contributed by atoms with Crippen LogP contribution >= 0.6 is 0 Å². The maximum absolute atomic E-state index is 10.9. The largest absolute Gasteiger partial charge is 0.355 e. The van der Waals surface area contributed by atoms with E-state index in [0.717, 1.165) is 18.9 Å². The minimum absolute atomic E-state index is 0.104. The fourth-order valence-electron chi connectivity index (χ4n) is 0.608. The van der Waals surface area contributed by atoms with E-state index in [-0.39, 0.29) is 5.91 Å². The zero-order valence-corrected chi connectivity index (χ0v) is 13.3. The second-order valence-electron chi connectivity index (χ2n) is 4.39. The Morgan fingerprint density at radius 2 is 1.59 bits per heavy atom. The summed E-state index contributed by atoms with van der Waals surface area (Å²) in [6.07, 6.45) is 2.30. The number of rotatable bonds is 5. The van der Waals surface area contributed by atoms with E-state index in [4.69, 9.17) is 0 Å². The van der Waals surface area contributed by atoms with Crippen LogP contribution in [-0.2, 0) is 4.79 Å². The Kier molecular flexibility index (Phi) is 22.7. The Morgan fingerprint density at radius 1 is 1.18 bits per heavy atom. The topological polar surface area (TPSA) is 32.3 Å². The van der Waals surface area contributed by atoms with Gasteiger partial charge in [0.1, 0.15) is 0 Å². The number of nitrogens with one attached hydrogen (secondary N) is 1. The molecule has 0 saturated heterocycles. The zero-order chi connectivity index (χ0) is 14.3. The average molecular weight is 246 g/mol. The van der Waals surface area contributed by atoms with Crippen LogP contribution in [0.3, 0.4) is 0 Å². The highest BCUT2D eigenvalue weighted by Crippen LogP contribution is 1.93. The molecule has 0 saturated carbocycles. The van der Waals surface area contributed by atoms with E-state index >= 15 is 0 Å². The van der Waals surface area contributed by atoms with Crippen LogP contribution in [0.5, 0.6) is 0 Å². The maximum atomic E-state index is 10.9. The first-order valence-electron chi connectivity index (χ1n) is 6.85. The summed E-state index contributed by atoms with van der Waals surface area (Å²) < 4.78 is 0. The summed E-state index contributed by atoms with van der Waals surface area (Å²) in [5.41, 5.74) is 0. The van der Waals surface area contributed by atoms with Crippen LogP contribution in [-0.4, -0.2) is 38.0 Å². The molecule has 0 spiro atoms. The Labute approximate surface area is 109 Å². The summed E-state index contributed by atoms with van der Waals surface area (Å²) in [6.45, 7) is 14.0. The van der Waals surface area contributed by atoms with Gasteiger partial charge in [0.15, 0.2) is 0 Å². The van der Waals surface area contributed by atoms with Crippen LogP contribution < -0.4 is 5.32 Å². The average Bonchev–Trinajstić information content (AvgIpc) is 2.29. The number of hydrogen-bond acceptors (Lipinski definition) is 2. The van der Waals surface area contributed by atoms with Gasteiger partial charge in [0.05, 0.1) is 6.54 Å². The molecule has 0 aromatic rings. The predicted molar refractivity (Wildman–Crippen MR) is 78.3 cm³/mol. The molecule has 0 heterocycles. The number of amides is 1. The van der Waals surface area contributed by atoms with E-state index in [9.17, 15) is 4.79 Å². The molecule has 0 aromatic heterocycles. The van der Waals surface area contributed by atoms with E-state index in [1.807, 2.05) is 39.8 Å². The van der Waals surface area contributed by atoms with Crippen LogP contribution in [0, 0.1) is 5.92 Å². The Hall–Kier alpha value is -0.570. The highest BCUT2D eigenvalue weighted by atomic mass is 16.1. The van der Waals surface area contributed by atoms with E-state index in [1.165, 1.54) is 6.42 Å². The van der Waals surface area contributed by atoms with Gasteiger partial charge >= 0.3 is 0 Å². The second-order valence-corrected chi connectivity index (χ2v) is 4.39. The van der Waals surface area contributed by atoms with Crippen molar-refractivity contribution < 1.29 is 4.79 Å². The molecule has 0 aliphatic rings. The van der Waals surface area contributed by atoms with E-state index in [0.29, 0.717) is 6.54 Å². The van der Waals surface area contributed by atoms with Gasteiger partial charge in [0, 0.05) is 6.54 Å². The Balaban J connectivity index is -0.000000236. The summed E-state index contributed by atoms with van der Waals surface area (Å²) in [4.78, 5) is 12.7. The van der Waals surface area contributed by atoms with Crippen LogP contribution in [0.1, 0.15) is 54.4 Å². The molecule has 0 aliphatic heterocycles. The number of carbonyl (C=O) groups excluding carboxylic acids is 1. The van der Waals surface area contributed by atoms with Crippen molar-refractivity contribution in [1.29, 1.82) is 0 Å². The zero-order valence-electron chi connectivity index (χ0n) is 13.3. The minimum atomic E-state index is 0.104. The molecule has 17 heavy (non-hydrogen) atoms. The van der Waals surface area contributed by atoms with Crippen LogP contribution in [0.4, 0.5) is 0 Å². The molecule has 0 aliphatic carbocycles. The fraction of sp³-hybridized carbons (Fsp3) is 0.929. The molecule has 0 fully saturated rings. The van der Waals surface area contributed by atoms with Crippen LogP contribution in [0.15, 0.2) is 0 Å². The van der Waals surface area contributed by atoms with Gasteiger partial charge in [-0.1, -0.05) is 48.0 Å². The normalized spacial score (nSPS) is 9.06. The molecule has 3 nitrogen and oxygen atoms in total. The predicted octanol–water partition coefficient (Wildman–Crippen LogP) is 3.15. The SMILES string of the molecule is CC.CCC(C)C.CCCNC(=O)CN(C)C. The van der Waals surface area contributed by atoms with E-state index < -0.39 is 0 Å². The first-order valence-corrected chi connectivity index (χ1v) is 6.85. The van der Waals surface area contributed by atoms with Crippen molar-refractivity contribution in [2.45, 2.75) is 54.4 Å². The Morgan fingerprint density at radius 3 is 1.82 bits per heavy atom. The quantitative estimate of drug-likeness (QED) is 0.808. The molecule has 3 heteroatoms. The number of hydrogen-bond donors (Lipinski definition) is 1. The molecule has 0 atom stereocenters. The van der Waals surface area contributed by atoms with Crippen LogP contribution in [0.2, 0.25) is 0 Å². The van der Waals surface area contributed by atoms with E-state index in [1.54, 1.807) is 0 Å². The standard InChI is InChI=1S/C7H16N2O.C5H12.C2H6/c1-4-5-8-7(10)6-9(2)3;1-4-5(2)3;1-2/h4-6H2,1-3H3,(H,8,10);5H,4H2,1-3H3;1-2H3. The first-order chi connectivity index (χ1) is 7.93. The van der Waals surface area contributed by atoms with Crippen LogP contribution in [0.25, 0.3) is 0 Å². The summed E-state index contributed by atoms with van der Waals surface area (Å²) in [7, 11) is 3.76. The lowest BCUT2D eigenvalue weighted by Crippen LogP contribution is -2.33. The molecule has 0 aromatic carbocycles. The van der Waals surface area contributed by atoms with Crippen molar-refractivity contribution in [2.24, 2.45) is 5.92 Å². The summed E-state index contributed by atoms with van der Waals surface area (Å²) in [6, 6.07) is 0. The minimum Gasteiger partial charge on any atom is -0.355 e. The summed E-state index contributed by atoms with van der Waals surface area (Å²) in [5.74, 6) is 0.988. The molecule has 0 radical (unpaired) electrons. The lowest BCUT2D eigenvalue weighted by atomic mass is 10.2. The third-order valence-corrected chi connectivity index (χ3v) is 1.85. The second kappa shape index (κ2) is 17.8. The van der Waals surface area contributed by atoms with Gasteiger partial charge in [-0.2, -0.15) is 0 Å². The monoisotopic (exact) mass is 246 g/mol. The van der Waals surface area contributed by atoms with Gasteiger partial charge in [-0.3, -0.25) is 4.79 Å². The molecular weight excluding hydrogens is 212 g/mol. The van der Waals surface area contributed by atoms with Crippen molar-refractivity contribution in [1.82, 2.24) is 10.2 Å². The van der Waals surface area contributed by atoms with Crippen molar-refractivity contribution >= 4 is 5.91 Å². The molecule has 0 unspecified atom stereocenters. The summed E-state index contributed by atoms with van der Waals surface area (Å²) >= 11 is 0. The van der Waals surface area contributed by atoms with Gasteiger partial charge < -0.3 is 10.2 Å². The van der Waals surface area contributed by atoms with Crippen molar-refractivity contribution in [3.8, 4) is 0 Å².